The van der Waals surface area contributed by atoms with E-state index in [9.17, 15) is 0 Å². The number of aryl methyl sites for hydroxylation is 1. The van der Waals surface area contributed by atoms with Gasteiger partial charge in [0.1, 0.15) is 0 Å². The van der Waals surface area contributed by atoms with Crippen molar-refractivity contribution in [2.75, 3.05) is 31.0 Å². The van der Waals surface area contributed by atoms with Crippen LogP contribution in [-0.4, -0.2) is 42.4 Å². The molecule has 2 rings (SSSR count). The minimum Gasteiger partial charge on any atom is -0.408 e. The van der Waals surface area contributed by atoms with E-state index in [-0.39, 0.29) is 6.10 Å². The number of anilines is 1. The highest BCUT2D eigenvalue weighted by atomic mass is 35.5. The Bertz CT molecular complexity index is 318. The van der Waals surface area contributed by atoms with Gasteiger partial charge < -0.3 is 14.1 Å². The molecule has 1 saturated heterocycles. The van der Waals surface area contributed by atoms with Crippen molar-refractivity contribution >= 4 is 17.6 Å². The van der Waals surface area contributed by atoms with Crippen LogP contribution in [0.1, 0.15) is 12.3 Å². The summed E-state index contributed by atoms with van der Waals surface area (Å²) in [6.07, 6.45) is 1.90. The number of halogens is 1. The molecule has 0 radical (unpaired) electrons. The standard InChI is InChI=1S/C9H14ClN3O2/c1-14-7-3-5-13(6-7)9-12-11-8(15-9)2-4-10/h7H,2-6H2,1H3. The zero-order chi connectivity index (χ0) is 10.7. The fourth-order valence-electron chi connectivity index (χ4n) is 1.65. The summed E-state index contributed by atoms with van der Waals surface area (Å²) in [4.78, 5) is 2.04. The van der Waals surface area contributed by atoms with Crippen molar-refractivity contribution in [3.63, 3.8) is 0 Å². The van der Waals surface area contributed by atoms with Crippen molar-refractivity contribution in [3.05, 3.63) is 5.89 Å². The van der Waals surface area contributed by atoms with Gasteiger partial charge in [0.25, 0.3) is 0 Å². The van der Waals surface area contributed by atoms with E-state index in [0.29, 0.717) is 24.2 Å². The number of alkyl halides is 1. The SMILES string of the molecule is COC1CCN(c2nnc(CCCl)o2)C1. The smallest absolute Gasteiger partial charge is 0.318 e. The minimum absolute atomic E-state index is 0.272. The molecule has 2 heterocycles. The lowest BCUT2D eigenvalue weighted by atomic mass is 10.3. The van der Waals surface area contributed by atoms with Crippen molar-refractivity contribution in [1.29, 1.82) is 0 Å². The summed E-state index contributed by atoms with van der Waals surface area (Å²) in [6.45, 7) is 1.72. The van der Waals surface area contributed by atoms with Crippen molar-refractivity contribution in [1.82, 2.24) is 10.2 Å². The zero-order valence-electron chi connectivity index (χ0n) is 8.65. The summed E-state index contributed by atoms with van der Waals surface area (Å²) in [6, 6.07) is 0.578. The lowest BCUT2D eigenvalue weighted by Gasteiger charge is -2.11. The molecule has 0 N–H and O–H groups in total. The Hall–Kier alpha value is -0.810. The van der Waals surface area contributed by atoms with Gasteiger partial charge in [-0.15, -0.1) is 16.7 Å². The first-order chi connectivity index (χ1) is 7.33. The first-order valence-corrected chi connectivity index (χ1v) is 5.53. The maximum Gasteiger partial charge on any atom is 0.318 e. The van der Waals surface area contributed by atoms with E-state index in [1.54, 1.807) is 7.11 Å². The van der Waals surface area contributed by atoms with Crippen LogP contribution >= 0.6 is 11.6 Å². The maximum atomic E-state index is 5.59. The van der Waals surface area contributed by atoms with E-state index in [2.05, 4.69) is 10.2 Å². The lowest BCUT2D eigenvalue weighted by Crippen LogP contribution is -2.22. The topological polar surface area (TPSA) is 51.4 Å². The number of ether oxygens (including phenoxy) is 1. The van der Waals surface area contributed by atoms with Gasteiger partial charge in [0.05, 0.1) is 6.10 Å². The van der Waals surface area contributed by atoms with Crippen LogP contribution in [0.5, 0.6) is 0 Å². The van der Waals surface area contributed by atoms with Crippen LogP contribution in [0, 0.1) is 0 Å². The Morgan fingerprint density at radius 2 is 2.47 bits per heavy atom. The van der Waals surface area contributed by atoms with E-state index in [4.69, 9.17) is 20.8 Å². The highest BCUT2D eigenvalue weighted by Gasteiger charge is 2.25. The van der Waals surface area contributed by atoms with Crippen LogP contribution in [-0.2, 0) is 11.2 Å². The van der Waals surface area contributed by atoms with Crippen molar-refractivity contribution in [2.24, 2.45) is 0 Å². The average molecular weight is 232 g/mol. The summed E-state index contributed by atoms with van der Waals surface area (Å²) in [5.41, 5.74) is 0. The summed E-state index contributed by atoms with van der Waals surface area (Å²) in [5, 5.41) is 7.90. The second-order valence-electron chi connectivity index (χ2n) is 3.51. The molecule has 1 aliphatic rings. The van der Waals surface area contributed by atoms with Gasteiger partial charge in [0.15, 0.2) is 0 Å². The van der Waals surface area contributed by atoms with E-state index in [0.717, 1.165) is 19.5 Å². The molecule has 0 amide bonds. The van der Waals surface area contributed by atoms with Crippen LogP contribution in [0.4, 0.5) is 6.01 Å². The van der Waals surface area contributed by atoms with Gasteiger partial charge in [0, 0.05) is 32.5 Å². The molecule has 6 heteroatoms. The second-order valence-corrected chi connectivity index (χ2v) is 3.89. The Labute approximate surface area is 93.4 Å². The molecule has 15 heavy (non-hydrogen) atoms. The molecule has 0 spiro atoms. The van der Waals surface area contributed by atoms with E-state index >= 15 is 0 Å². The molecular weight excluding hydrogens is 218 g/mol. The Morgan fingerprint density at radius 3 is 3.13 bits per heavy atom. The minimum atomic E-state index is 0.272. The molecule has 5 nitrogen and oxygen atoms in total. The maximum absolute atomic E-state index is 5.59. The molecule has 1 unspecified atom stereocenters. The van der Waals surface area contributed by atoms with Crippen LogP contribution in [0.2, 0.25) is 0 Å². The molecular formula is C9H14ClN3O2. The van der Waals surface area contributed by atoms with Crippen LogP contribution in [0.25, 0.3) is 0 Å². The summed E-state index contributed by atoms with van der Waals surface area (Å²) < 4.78 is 10.7. The molecule has 1 fully saturated rings. The normalized spacial score (nSPS) is 21.2. The molecule has 1 aromatic heterocycles. The quantitative estimate of drug-likeness (QED) is 0.726. The van der Waals surface area contributed by atoms with Gasteiger partial charge in [0.2, 0.25) is 5.89 Å². The number of methoxy groups -OCH3 is 1. The molecule has 1 aliphatic heterocycles. The third kappa shape index (κ3) is 2.41. The first-order valence-electron chi connectivity index (χ1n) is 4.99. The van der Waals surface area contributed by atoms with E-state index < -0.39 is 0 Å². The number of hydrogen-bond acceptors (Lipinski definition) is 5. The molecule has 0 bridgehead atoms. The zero-order valence-corrected chi connectivity index (χ0v) is 9.40. The number of aromatic nitrogens is 2. The monoisotopic (exact) mass is 231 g/mol. The number of nitrogens with zero attached hydrogens (tertiary/aromatic N) is 3. The molecule has 1 atom stereocenters. The Kier molecular flexibility index (Phi) is 3.43. The predicted octanol–water partition coefficient (Wildman–Crippen LogP) is 1.08. The van der Waals surface area contributed by atoms with Gasteiger partial charge in [-0.3, -0.25) is 0 Å². The predicted molar refractivity (Wildman–Crippen MR) is 56.3 cm³/mol. The van der Waals surface area contributed by atoms with Crippen LogP contribution in [0.15, 0.2) is 4.42 Å². The molecule has 0 saturated carbocycles. The Balaban J connectivity index is 1.97. The van der Waals surface area contributed by atoms with Crippen molar-refractivity contribution in [2.45, 2.75) is 18.9 Å². The van der Waals surface area contributed by atoms with Crippen LogP contribution in [0.3, 0.4) is 0 Å². The second kappa shape index (κ2) is 4.81. The van der Waals surface area contributed by atoms with Gasteiger partial charge in [-0.1, -0.05) is 5.10 Å². The first kappa shape index (κ1) is 10.7. The molecule has 1 aromatic rings. The van der Waals surface area contributed by atoms with Gasteiger partial charge in [-0.05, 0) is 6.42 Å². The van der Waals surface area contributed by atoms with Gasteiger partial charge >= 0.3 is 6.01 Å². The molecule has 0 aromatic carbocycles. The molecule has 0 aliphatic carbocycles. The van der Waals surface area contributed by atoms with Gasteiger partial charge in [-0.25, -0.2) is 0 Å². The fraction of sp³-hybridized carbons (Fsp3) is 0.778. The fourth-order valence-corrected chi connectivity index (χ4v) is 1.81. The largest absolute Gasteiger partial charge is 0.408 e. The van der Waals surface area contributed by atoms with E-state index in [1.807, 2.05) is 4.90 Å². The summed E-state index contributed by atoms with van der Waals surface area (Å²) in [7, 11) is 1.72. The van der Waals surface area contributed by atoms with Crippen molar-refractivity contribution in [3.8, 4) is 0 Å². The Morgan fingerprint density at radius 1 is 1.60 bits per heavy atom. The summed E-state index contributed by atoms with van der Waals surface area (Å²) >= 11 is 5.59. The average Bonchev–Trinajstić information content (AvgIpc) is 2.85. The van der Waals surface area contributed by atoms with Crippen LogP contribution < -0.4 is 4.90 Å². The third-order valence-electron chi connectivity index (χ3n) is 2.51. The highest BCUT2D eigenvalue weighted by molar-refractivity contribution is 6.17. The number of rotatable bonds is 4. The third-order valence-corrected chi connectivity index (χ3v) is 2.70. The van der Waals surface area contributed by atoms with E-state index in [1.165, 1.54) is 0 Å². The molecule has 84 valence electrons. The highest BCUT2D eigenvalue weighted by Crippen LogP contribution is 2.20. The summed E-state index contributed by atoms with van der Waals surface area (Å²) in [5.74, 6) is 1.10. The van der Waals surface area contributed by atoms with Crippen molar-refractivity contribution < 1.29 is 9.15 Å². The van der Waals surface area contributed by atoms with Gasteiger partial charge in [-0.2, -0.15) is 0 Å². The lowest BCUT2D eigenvalue weighted by molar-refractivity contribution is 0.121. The number of hydrogen-bond donors (Lipinski definition) is 0.